The molecule has 2 aromatic carbocycles. The highest BCUT2D eigenvalue weighted by atomic mass is 32.2. The fourth-order valence-electron chi connectivity index (χ4n) is 2.62. The molecule has 0 aliphatic heterocycles. The predicted octanol–water partition coefficient (Wildman–Crippen LogP) is 4.09. The monoisotopic (exact) mass is 383 g/mol. The van der Waals surface area contributed by atoms with Gasteiger partial charge in [0.15, 0.2) is 27.8 Å². The van der Waals surface area contributed by atoms with Gasteiger partial charge in [0, 0.05) is 17.5 Å². The molecule has 5 nitrogen and oxygen atoms in total. The van der Waals surface area contributed by atoms with Gasteiger partial charge in [0.2, 0.25) is 0 Å². The van der Waals surface area contributed by atoms with Crippen LogP contribution in [0.25, 0.3) is 11.3 Å². The van der Waals surface area contributed by atoms with E-state index in [1.54, 1.807) is 44.3 Å². The van der Waals surface area contributed by atoms with Crippen LogP contribution < -0.4 is 0 Å². The maximum atomic E-state index is 12.5. The summed E-state index contributed by atoms with van der Waals surface area (Å²) < 4.78 is 29.2. The molecule has 1 heterocycles. The first-order chi connectivity index (χ1) is 12.8. The number of sulfone groups is 1. The van der Waals surface area contributed by atoms with Gasteiger partial charge >= 0.3 is 0 Å². The van der Waals surface area contributed by atoms with Crippen LogP contribution in [0, 0.1) is 0 Å². The average Bonchev–Trinajstić information content (AvgIpc) is 3.17. The van der Waals surface area contributed by atoms with Crippen LogP contribution in [-0.2, 0) is 22.0 Å². The highest BCUT2D eigenvalue weighted by molar-refractivity contribution is 7.91. The zero-order chi connectivity index (χ0) is 19.4. The number of hydrogen-bond acceptors (Lipinski definition) is 5. The molecule has 0 bridgehead atoms. The van der Waals surface area contributed by atoms with Crippen molar-refractivity contribution < 1.29 is 17.6 Å². The zero-order valence-electron chi connectivity index (χ0n) is 15.3. The van der Waals surface area contributed by atoms with Gasteiger partial charge in [-0.05, 0) is 25.0 Å². The molecule has 0 saturated carbocycles. The number of carbonyl (C=O) groups is 1. The number of benzene rings is 2. The molecule has 0 unspecified atom stereocenters. The van der Waals surface area contributed by atoms with Crippen LogP contribution in [0.2, 0.25) is 0 Å². The molecule has 27 heavy (non-hydrogen) atoms. The van der Waals surface area contributed by atoms with E-state index in [-0.39, 0.29) is 18.0 Å². The number of carbonyl (C=O) groups excluding carboxylic acids is 1. The van der Waals surface area contributed by atoms with Crippen molar-refractivity contribution in [2.24, 2.45) is 0 Å². The van der Waals surface area contributed by atoms with Crippen LogP contribution in [0.4, 0.5) is 0 Å². The Kier molecular flexibility index (Phi) is 5.56. The van der Waals surface area contributed by atoms with Gasteiger partial charge in [-0.1, -0.05) is 48.5 Å². The van der Waals surface area contributed by atoms with Gasteiger partial charge in [0.05, 0.1) is 17.2 Å². The smallest absolute Gasteiger partial charge is 0.181 e. The van der Waals surface area contributed by atoms with Crippen molar-refractivity contribution in [1.29, 1.82) is 0 Å². The minimum atomic E-state index is -3.15. The molecule has 0 aliphatic carbocycles. The Hall–Kier alpha value is -2.73. The molecule has 6 heteroatoms. The molecule has 0 saturated heterocycles. The molecular weight excluding hydrogens is 362 g/mol. The van der Waals surface area contributed by atoms with E-state index in [2.05, 4.69) is 4.98 Å². The lowest BCUT2D eigenvalue weighted by atomic mass is 10.0. The summed E-state index contributed by atoms with van der Waals surface area (Å²) in [5, 5.41) is -0.418. The van der Waals surface area contributed by atoms with Gasteiger partial charge in [0.25, 0.3) is 0 Å². The van der Waals surface area contributed by atoms with Gasteiger partial charge in [-0.2, -0.15) is 0 Å². The molecule has 0 aliphatic rings. The van der Waals surface area contributed by atoms with Gasteiger partial charge in [-0.15, -0.1) is 0 Å². The molecule has 0 amide bonds. The largest absolute Gasteiger partial charge is 0.444 e. The second-order valence-electron chi connectivity index (χ2n) is 6.72. The third-order valence-corrected chi connectivity index (χ3v) is 6.57. The fraction of sp³-hybridized carbons (Fsp3) is 0.238. The topological polar surface area (TPSA) is 77.2 Å². The van der Waals surface area contributed by atoms with Gasteiger partial charge in [0.1, 0.15) is 0 Å². The number of hydrogen-bond donors (Lipinski definition) is 0. The van der Waals surface area contributed by atoms with Crippen LogP contribution in [-0.4, -0.2) is 24.4 Å². The van der Waals surface area contributed by atoms with Crippen molar-refractivity contribution in [3.8, 4) is 11.3 Å². The Morgan fingerprint density at radius 2 is 1.63 bits per heavy atom. The Morgan fingerprint density at radius 3 is 2.19 bits per heavy atom. The zero-order valence-corrected chi connectivity index (χ0v) is 16.1. The minimum Gasteiger partial charge on any atom is -0.444 e. The second-order valence-corrected chi connectivity index (χ2v) is 9.27. The first-order valence-electron chi connectivity index (χ1n) is 8.66. The highest BCUT2D eigenvalue weighted by Crippen LogP contribution is 2.20. The number of Topliss-reactive ketones (excluding diaryl/α,β-unsaturated/α-hetero) is 1. The normalized spacial score (nSPS) is 11.7. The van der Waals surface area contributed by atoms with Crippen LogP contribution >= 0.6 is 0 Å². The Bertz CT molecular complexity index is 1000. The van der Waals surface area contributed by atoms with E-state index in [0.717, 1.165) is 11.1 Å². The fourth-order valence-corrected chi connectivity index (χ4v) is 3.61. The van der Waals surface area contributed by atoms with Gasteiger partial charge < -0.3 is 4.42 Å². The van der Waals surface area contributed by atoms with Crippen molar-refractivity contribution in [3.63, 3.8) is 0 Å². The lowest BCUT2D eigenvalue weighted by Gasteiger charge is -2.08. The van der Waals surface area contributed by atoms with E-state index in [1.165, 1.54) is 6.39 Å². The van der Waals surface area contributed by atoms with Crippen molar-refractivity contribution in [3.05, 3.63) is 77.8 Å². The number of nitrogens with zero attached hydrogens (tertiary/aromatic N) is 1. The molecular formula is C21H21NO4S. The molecule has 1 aromatic heterocycles. The van der Waals surface area contributed by atoms with Crippen molar-refractivity contribution >= 4 is 15.6 Å². The summed E-state index contributed by atoms with van der Waals surface area (Å²) in [5.41, 5.74) is 3.06. The van der Waals surface area contributed by atoms with Crippen LogP contribution in [0.5, 0.6) is 0 Å². The number of oxazole rings is 1. The molecule has 0 spiro atoms. The summed E-state index contributed by atoms with van der Waals surface area (Å²) in [4.78, 5) is 16.4. The second kappa shape index (κ2) is 7.88. The molecule has 3 aromatic rings. The Labute approximate surface area is 159 Å². The predicted molar refractivity (Wildman–Crippen MR) is 104 cm³/mol. The SMILES string of the molecule is CC(C)S(=O)(=O)Cc1ccc(C(=O)Cc2ccc(-c3cnco3)cc2)cc1. The average molecular weight is 383 g/mol. The Balaban J connectivity index is 1.66. The van der Waals surface area contributed by atoms with Crippen LogP contribution in [0.1, 0.15) is 35.3 Å². The minimum absolute atomic E-state index is 0.0117. The number of aromatic nitrogens is 1. The molecule has 140 valence electrons. The van der Waals surface area contributed by atoms with E-state index in [0.29, 0.717) is 16.9 Å². The summed E-state index contributed by atoms with van der Waals surface area (Å²) >= 11 is 0. The first-order valence-corrected chi connectivity index (χ1v) is 10.4. The summed E-state index contributed by atoms with van der Waals surface area (Å²) in [6.45, 7) is 3.34. The van der Waals surface area contributed by atoms with Crippen LogP contribution in [0.3, 0.4) is 0 Å². The molecule has 0 N–H and O–H groups in total. The van der Waals surface area contributed by atoms with Crippen molar-refractivity contribution in [1.82, 2.24) is 4.98 Å². The summed E-state index contributed by atoms with van der Waals surface area (Å²) in [5.74, 6) is 0.655. The molecule has 0 radical (unpaired) electrons. The lowest BCUT2D eigenvalue weighted by Crippen LogP contribution is -2.16. The standard InChI is InChI=1S/C21H21NO4S/c1-15(2)27(24,25)13-17-5-7-18(8-6-17)20(23)11-16-3-9-19(10-4-16)21-12-22-14-26-21/h3-10,12,14-15H,11,13H2,1-2H3. The molecule has 3 rings (SSSR count). The van der Waals surface area contributed by atoms with Gasteiger partial charge in [-0.3, -0.25) is 4.79 Å². The van der Waals surface area contributed by atoms with E-state index in [1.807, 2.05) is 24.3 Å². The summed E-state index contributed by atoms with van der Waals surface area (Å²) in [6, 6.07) is 14.4. The quantitative estimate of drug-likeness (QED) is 0.574. The third-order valence-electron chi connectivity index (χ3n) is 4.40. The van der Waals surface area contributed by atoms with E-state index in [4.69, 9.17) is 4.42 Å². The van der Waals surface area contributed by atoms with Crippen molar-refractivity contribution in [2.45, 2.75) is 31.3 Å². The summed E-state index contributed by atoms with van der Waals surface area (Å²) in [6.07, 6.45) is 3.30. The van der Waals surface area contributed by atoms with Crippen molar-refractivity contribution in [2.75, 3.05) is 0 Å². The highest BCUT2D eigenvalue weighted by Gasteiger charge is 2.17. The number of ketones is 1. The lowest BCUT2D eigenvalue weighted by molar-refractivity contribution is 0.0993. The van der Waals surface area contributed by atoms with Gasteiger partial charge in [-0.25, -0.2) is 13.4 Å². The van der Waals surface area contributed by atoms with Crippen LogP contribution in [0.15, 0.2) is 65.5 Å². The van der Waals surface area contributed by atoms with E-state index >= 15 is 0 Å². The van der Waals surface area contributed by atoms with E-state index < -0.39 is 15.1 Å². The Morgan fingerprint density at radius 1 is 1.00 bits per heavy atom. The maximum Gasteiger partial charge on any atom is 0.181 e. The third kappa shape index (κ3) is 4.71. The maximum absolute atomic E-state index is 12.5. The first kappa shape index (κ1) is 19.0. The number of rotatable bonds is 7. The van der Waals surface area contributed by atoms with E-state index in [9.17, 15) is 13.2 Å². The molecule has 0 fully saturated rings. The summed E-state index contributed by atoms with van der Waals surface area (Å²) in [7, 11) is -3.15. The molecule has 0 atom stereocenters.